The summed E-state index contributed by atoms with van der Waals surface area (Å²) in [4.78, 5) is 14.2. The average Bonchev–Trinajstić information content (AvgIpc) is 3.33. The van der Waals surface area contributed by atoms with Crippen molar-refractivity contribution in [3.8, 4) is 16.9 Å². The number of aromatic nitrogens is 4. The maximum absolute atomic E-state index is 6.08. The number of imidazole rings is 1. The van der Waals surface area contributed by atoms with Crippen LogP contribution in [0.3, 0.4) is 0 Å². The Hall–Kier alpha value is -3.65. The second-order valence-electron chi connectivity index (χ2n) is 9.74. The van der Waals surface area contributed by atoms with Gasteiger partial charge in [0, 0.05) is 18.1 Å². The predicted molar refractivity (Wildman–Crippen MR) is 145 cm³/mol. The molecule has 0 unspecified atom stereocenters. The number of anilines is 2. The van der Waals surface area contributed by atoms with Crippen molar-refractivity contribution in [3.05, 3.63) is 60.9 Å². The lowest BCUT2D eigenvalue weighted by Crippen LogP contribution is -2.33. The number of hydrogen-bond donors (Lipinski definition) is 3. The summed E-state index contributed by atoms with van der Waals surface area (Å²) in [6.45, 7) is 5.36. The first-order chi connectivity index (χ1) is 17.6. The molecule has 2 aromatic carbocycles. The number of benzene rings is 2. The van der Waals surface area contributed by atoms with Crippen molar-refractivity contribution in [3.63, 3.8) is 0 Å². The minimum atomic E-state index is 0.250. The van der Waals surface area contributed by atoms with Crippen LogP contribution in [0.4, 0.5) is 11.8 Å². The molecule has 2 heterocycles. The van der Waals surface area contributed by atoms with Gasteiger partial charge in [-0.05, 0) is 62.8 Å². The van der Waals surface area contributed by atoms with Crippen molar-refractivity contribution in [2.45, 2.75) is 57.7 Å². The maximum atomic E-state index is 6.08. The molecule has 5 rings (SSSR count). The van der Waals surface area contributed by atoms with Crippen LogP contribution in [0.2, 0.25) is 0 Å². The zero-order chi connectivity index (χ0) is 24.9. The molecule has 1 aliphatic rings. The molecule has 4 N–H and O–H groups in total. The van der Waals surface area contributed by atoms with Crippen LogP contribution < -0.4 is 21.1 Å². The Morgan fingerprint density at radius 1 is 0.972 bits per heavy atom. The van der Waals surface area contributed by atoms with Gasteiger partial charge in [0.05, 0.1) is 12.9 Å². The standard InChI is InChI=1S/C28H35N7O/c1-19(2)35-18-31-25-26(33-28(34-27(25)35)32-23-12-10-22(29)11-13-23)30-16-17-36-24-14-8-21(9-15-24)20-6-4-3-5-7-20/h3-9,14-15,18-19,22-23H,10-13,16-17,29H2,1-2H3,(H2,30,32,33,34). The van der Waals surface area contributed by atoms with E-state index >= 15 is 0 Å². The topological polar surface area (TPSA) is 103 Å². The summed E-state index contributed by atoms with van der Waals surface area (Å²) in [7, 11) is 0. The summed E-state index contributed by atoms with van der Waals surface area (Å²) in [5, 5.41) is 6.95. The van der Waals surface area contributed by atoms with Gasteiger partial charge in [0.25, 0.3) is 0 Å². The van der Waals surface area contributed by atoms with Crippen LogP contribution in [0.5, 0.6) is 5.75 Å². The van der Waals surface area contributed by atoms with Gasteiger partial charge in [-0.1, -0.05) is 42.5 Å². The van der Waals surface area contributed by atoms with Crippen LogP contribution in [-0.4, -0.2) is 44.8 Å². The van der Waals surface area contributed by atoms with E-state index in [1.807, 2.05) is 36.7 Å². The summed E-state index contributed by atoms with van der Waals surface area (Å²) in [6, 6.07) is 19.4. The summed E-state index contributed by atoms with van der Waals surface area (Å²) in [5.74, 6) is 2.19. The van der Waals surface area contributed by atoms with Gasteiger partial charge in [-0.15, -0.1) is 0 Å². The quantitative estimate of drug-likeness (QED) is 0.278. The molecule has 1 aliphatic carbocycles. The number of fused-ring (bicyclic) bond motifs is 1. The monoisotopic (exact) mass is 485 g/mol. The molecule has 2 aromatic heterocycles. The first kappa shape index (κ1) is 24.1. The average molecular weight is 486 g/mol. The molecule has 0 saturated heterocycles. The van der Waals surface area contributed by atoms with Gasteiger partial charge in [-0.25, -0.2) is 4.98 Å². The van der Waals surface area contributed by atoms with Crippen molar-refractivity contribution in [2.24, 2.45) is 5.73 Å². The van der Waals surface area contributed by atoms with E-state index in [9.17, 15) is 0 Å². The second kappa shape index (κ2) is 11.0. The Morgan fingerprint density at radius 3 is 2.42 bits per heavy atom. The van der Waals surface area contributed by atoms with E-state index in [-0.39, 0.29) is 6.04 Å². The van der Waals surface area contributed by atoms with Gasteiger partial charge in [0.15, 0.2) is 17.0 Å². The molecule has 0 aliphatic heterocycles. The fourth-order valence-electron chi connectivity index (χ4n) is 4.64. The lowest BCUT2D eigenvalue weighted by molar-refractivity contribution is 0.333. The SMILES string of the molecule is CC(C)n1cnc2c(NCCOc3ccc(-c4ccccc4)cc3)nc(NC3CCC(N)CC3)nc21. The first-order valence-corrected chi connectivity index (χ1v) is 12.9. The van der Waals surface area contributed by atoms with Crippen LogP contribution in [0.25, 0.3) is 22.3 Å². The highest BCUT2D eigenvalue weighted by Crippen LogP contribution is 2.26. The fourth-order valence-corrected chi connectivity index (χ4v) is 4.64. The van der Waals surface area contributed by atoms with E-state index in [1.165, 1.54) is 11.1 Å². The van der Waals surface area contributed by atoms with Gasteiger partial charge in [0.2, 0.25) is 5.95 Å². The normalized spacial score (nSPS) is 17.9. The number of hydrogen-bond acceptors (Lipinski definition) is 7. The molecule has 0 atom stereocenters. The zero-order valence-electron chi connectivity index (χ0n) is 21.0. The lowest BCUT2D eigenvalue weighted by Gasteiger charge is -2.27. The molecule has 0 spiro atoms. The Labute approximate surface area is 212 Å². The van der Waals surface area contributed by atoms with Crippen molar-refractivity contribution in [1.29, 1.82) is 0 Å². The van der Waals surface area contributed by atoms with E-state index in [4.69, 9.17) is 20.4 Å². The van der Waals surface area contributed by atoms with Crippen molar-refractivity contribution in [2.75, 3.05) is 23.8 Å². The Kier molecular flexibility index (Phi) is 7.32. The van der Waals surface area contributed by atoms with Crippen LogP contribution in [0.15, 0.2) is 60.9 Å². The van der Waals surface area contributed by atoms with Gasteiger partial charge in [-0.3, -0.25) is 0 Å². The van der Waals surface area contributed by atoms with E-state index in [0.29, 0.717) is 31.2 Å². The second-order valence-corrected chi connectivity index (χ2v) is 9.74. The van der Waals surface area contributed by atoms with Crippen LogP contribution in [0, 0.1) is 0 Å². The summed E-state index contributed by atoms with van der Waals surface area (Å²) in [5.41, 5.74) is 10.0. The molecule has 0 amide bonds. The molecule has 0 bridgehead atoms. The molecular weight excluding hydrogens is 450 g/mol. The van der Waals surface area contributed by atoms with Crippen LogP contribution in [0.1, 0.15) is 45.6 Å². The maximum Gasteiger partial charge on any atom is 0.227 e. The Morgan fingerprint density at radius 2 is 1.69 bits per heavy atom. The van der Waals surface area contributed by atoms with Gasteiger partial charge in [0.1, 0.15) is 12.4 Å². The number of rotatable bonds is 9. The third kappa shape index (κ3) is 5.60. The highest BCUT2D eigenvalue weighted by Gasteiger charge is 2.21. The molecule has 1 saturated carbocycles. The van der Waals surface area contributed by atoms with Crippen LogP contribution >= 0.6 is 0 Å². The van der Waals surface area contributed by atoms with E-state index < -0.39 is 0 Å². The molecule has 36 heavy (non-hydrogen) atoms. The first-order valence-electron chi connectivity index (χ1n) is 12.9. The van der Waals surface area contributed by atoms with Gasteiger partial charge >= 0.3 is 0 Å². The largest absolute Gasteiger partial charge is 0.492 e. The molecular formula is C28H35N7O. The van der Waals surface area contributed by atoms with Crippen molar-refractivity contribution < 1.29 is 4.74 Å². The minimum absolute atomic E-state index is 0.250. The third-order valence-corrected chi connectivity index (χ3v) is 6.71. The molecule has 0 radical (unpaired) electrons. The number of ether oxygens (including phenoxy) is 1. The predicted octanol–water partition coefficient (Wildman–Crippen LogP) is 5.25. The molecule has 1 fully saturated rings. The number of nitrogens with zero attached hydrogens (tertiary/aromatic N) is 4. The highest BCUT2D eigenvalue weighted by atomic mass is 16.5. The summed E-state index contributed by atoms with van der Waals surface area (Å²) >= 11 is 0. The van der Waals surface area contributed by atoms with Crippen molar-refractivity contribution >= 4 is 22.9 Å². The van der Waals surface area contributed by atoms with Gasteiger partial charge in [-0.2, -0.15) is 9.97 Å². The summed E-state index contributed by atoms with van der Waals surface area (Å²) in [6.07, 6.45) is 5.96. The highest BCUT2D eigenvalue weighted by molar-refractivity contribution is 5.84. The van der Waals surface area contributed by atoms with E-state index in [1.54, 1.807) is 0 Å². The number of nitrogens with one attached hydrogen (secondary N) is 2. The Bertz CT molecular complexity index is 1260. The lowest BCUT2D eigenvalue weighted by atomic mass is 9.92. The number of nitrogens with two attached hydrogens (primary N) is 1. The summed E-state index contributed by atoms with van der Waals surface area (Å²) < 4.78 is 8.06. The molecule has 4 aromatic rings. The Balaban J connectivity index is 1.24. The third-order valence-electron chi connectivity index (χ3n) is 6.71. The molecule has 8 nitrogen and oxygen atoms in total. The molecule has 8 heteroatoms. The van der Waals surface area contributed by atoms with E-state index in [2.05, 4.69) is 58.3 Å². The van der Waals surface area contributed by atoms with Crippen molar-refractivity contribution in [1.82, 2.24) is 19.5 Å². The minimum Gasteiger partial charge on any atom is -0.492 e. The van der Waals surface area contributed by atoms with E-state index in [0.717, 1.165) is 48.4 Å². The van der Waals surface area contributed by atoms with Gasteiger partial charge < -0.3 is 25.7 Å². The molecule has 188 valence electrons. The fraction of sp³-hybridized carbons (Fsp3) is 0.393. The zero-order valence-corrected chi connectivity index (χ0v) is 21.0. The van der Waals surface area contributed by atoms with Crippen LogP contribution in [-0.2, 0) is 0 Å². The smallest absolute Gasteiger partial charge is 0.227 e.